The van der Waals surface area contributed by atoms with Crippen molar-refractivity contribution in [2.75, 3.05) is 0 Å². The average molecular weight is 431 g/mol. The van der Waals surface area contributed by atoms with E-state index in [2.05, 4.69) is 0 Å². The van der Waals surface area contributed by atoms with Crippen molar-refractivity contribution < 1.29 is 23.6 Å². The van der Waals surface area contributed by atoms with E-state index >= 15 is 0 Å². The van der Waals surface area contributed by atoms with Crippen LogP contribution in [-0.2, 0) is 9.84 Å². The van der Waals surface area contributed by atoms with Crippen LogP contribution in [0.15, 0.2) is 64.4 Å². The number of nitro benzene ring substituents is 1. The Hall–Kier alpha value is -3.61. The lowest BCUT2D eigenvalue weighted by Crippen LogP contribution is -2.04. The van der Waals surface area contributed by atoms with Gasteiger partial charge in [-0.2, -0.15) is 5.26 Å². The molecule has 0 bridgehead atoms. The van der Waals surface area contributed by atoms with Gasteiger partial charge in [-0.05, 0) is 41.5 Å². The molecule has 0 saturated heterocycles. The van der Waals surface area contributed by atoms with Gasteiger partial charge in [0.1, 0.15) is 0 Å². The Bertz CT molecular complexity index is 1300. The molecule has 0 aromatic heterocycles. The van der Waals surface area contributed by atoms with Crippen molar-refractivity contribution >= 4 is 27.1 Å². The Morgan fingerprint density at radius 2 is 1.69 bits per heavy atom. The third-order valence-electron chi connectivity index (χ3n) is 4.06. The Labute approximate surface area is 169 Å². The van der Waals surface area contributed by atoms with Crippen molar-refractivity contribution in [1.82, 2.24) is 0 Å². The van der Waals surface area contributed by atoms with E-state index in [1.54, 1.807) is 24.3 Å². The van der Waals surface area contributed by atoms with Crippen LogP contribution in [0.3, 0.4) is 0 Å². The van der Waals surface area contributed by atoms with E-state index in [1.807, 2.05) is 6.07 Å². The number of nitro groups is 1. The van der Waals surface area contributed by atoms with E-state index in [1.165, 1.54) is 12.1 Å². The van der Waals surface area contributed by atoms with Crippen molar-refractivity contribution in [3.05, 3.63) is 75.3 Å². The first kappa shape index (κ1) is 20.1. The van der Waals surface area contributed by atoms with Gasteiger partial charge in [0, 0.05) is 17.2 Å². The molecule has 0 aliphatic carbocycles. The molecule has 8 nitrogen and oxygen atoms in total. The Kier molecular flexibility index (Phi) is 5.16. The molecule has 0 heterocycles. The van der Waals surface area contributed by atoms with Crippen LogP contribution in [0.1, 0.15) is 5.56 Å². The highest BCUT2D eigenvalue weighted by Crippen LogP contribution is 2.39. The van der Waals surface area contributed by atoms with Crippen molar-refractivity contribution in [2.45, 2.75) is 9.79 Å². The molecule has 2 N–H and O–H groups in total. The molecule has 0 amide bonds. The number of hydrogen-bond donors (Lipinski definition) is 2. The SMILES string of the molecule is N#Cc1cccc(-c2cc(Cl)cc(S(=O)(=O)c3cc(O)c(O)c([N+](=O)[O-])c3)c2)c1. The zero-order chi connectivity index (χ0) is 21.3. The Balaban J connectivity index is 2.19. The van der Waals surface area contributed by atoms with Crippen molar-refractivity contribution in [2.24, 2.45) is 0 Å². The minimum Gasteiger partial charge on any atom is -0.504 e. The second kappa shape index (κ2) is 7.43. The maximum absolute atomic E-state index is 13.0. The summed E-state index contributed by atoms with van der Waals surface area (Å²) in [6, 6.07) is 13.8. The fourth-order valence-electron chi connectivity index (χ4n) is 2.66. The van der Waals surface area contributed by atoms with E-state index in [0.29, 0.717) is 28.8 Å². The molecule has 0 aliphatic rings. The van der Waals surface area contributed by atoms with Gasteiger partial charge in [-0.3, -0.25) is 10.1 Å². The first-order valence-electron chi connectivity index (χ1n) is 7.90. The van der Waals surface area contributed by atoms with E-state index < -0.39 is 36.8 Å². The lowest BCUT2D eigenvalue weighted by Gasteiger charge is -2.10. The van der Waals surface area contributed by atoms with E-state index in [0.717, 1.165) is 6.07 Å². The van der Waals surface area contributed by atoms with Gasteiger partial charge in [0.25, 0.3) is 0 Å². The molecular formula is C19H11ClN2O6S. The molecule has 0 fully saturated rings. The van der Waals surface area contributed by atoms with Gasteiger partial charge in [0.15, 0.2) is 5.75 Å². The third-order valence-corrected chi connectivity index (χ3v) is 5.99. The van der Waals surface area contributed by atoms with Gasteiger partial charge < -0.3 is 10.2 Å². The van der Waals surface area contributed by atoms with Gasteiger partial charge in [-0.25, -0.2) is 8.42 Å². The summed E-state index contributed by atoms with van der Waals surface area (Å²) < 4.78 is 26.0. The van der Waals surface area contributed by atoms with Crippen LogP contribution in [0.2, 0.25) is 5.02 Å². The highest BCUT2D eigenvalue weighted by atomic mass is 35.5. The van der Waals surface area contributed by atoms with E-state index in [-0.39, 0.29) is 9.92 Å². The third kappa shape index (κ3) is 3.85. The lowest BCUT2D eigenvalue weighted by atomic mass is 10.0. The summed E-state index contributed by atoms with van der Waals surface area (Å²) in [4.78, 5) is 9.17. The molecule has 3 rings (SSSR count). The molecule has 0 spiro atoms. The summed E-state index contributed by atoms with van der Waals surface area (Å²) in [6.07, 6.45) is 0. The standard InChI is InChI=1S/C19H11ClN2O6S/c20-14-5-13(12-3-1-2-11(4-12)10-21)6-15(7-14)29(27,28)16-8-17(22(25)26)19(24)18(23)9-16/h1-9,23-24H. The highest BCUT2D eigenvalue weighted by Gasteiger charge is 2.27. The van der Waals surface area contributed by atoms with Gasteiger partial charge in [-0.1, -0.05) is 23.7 Å². The van der Waals surface area contributed by atoms with Crippen LogP contribution >= 0.6 is 11.6 Å². The summed E-state index contributed by atoms with van der Waals surface area (Å²) in [5.74, 6) is -1.98. The van der Waals surface area contributed by atoms with Crippen LogP contribution in [0.4, 0.5) is 5.69 Å². The second-order valence-corrected chi connectivity index (χ2v) is 8.33. The largest absolute Gasteiger partial charge is 0.504 e. The van der Waals surface area contributed by atoms with Crippen LogP contribution in [0, 0.1) is 21.4 Å². The van der Waals surface area contributed by atoms with Crippen LogP contribution in [-0.4, -0.2) is 23.6 Å². The number of nitrogens with zero attached hydrogens (tertiary/aromatic N) is 2. The predicted octanol–water partition coefficient (Wildman–Crippen LogP) is 4.03. The maximum atomic E-state index is 13.0. The maximum Gasteiger partial charge on any atom is 0.315 e. The van der Waals surface area contributed by atoms with Gasteiger partial charge in [0.2, 0.25) is 15.6 Å². The quantitative estimate of drug-likeness (QED) is 0.361. The fourth-order valence-corrected chi connectivity index (χ4v) is 4.33. The Morgan fingerprint density at radius 3 is 2.34 bits per heavy atom. The smallest absolute Gasteiger partial charge is 0.315 e. The molecule has 0 aliphatic heterocycles. The minimum atomic E-state index is -4.33. The van der Waals surface area contributed by atoms with E-state index in [9.17, 15) is 28.7 Å². The molecule has 10 heteroatoms. The first-order chi connectivity index (χ1) is 13.6. The number of rotatable bonds is 4. The van der Waals surface area contributed by atoms with Gasteiger partial charge in [0.05, 0.1) is 26.3 Å². The zero-order valence-corrected chi connectivity index (χ0v) is 16.0. The first-order valence-corrected chi connectivity index (χ1v) is 9.76. The number of benzene rings is 3. The number of phenolic OH excluding ortho intramolecular Hbond substituents is 2. The molecule has 0 atom stereocenters. The van der Waals surface area contributed by atoms with Crippen LogP contribution < -0.4 is 0 Å². The zero-order valence-electron chi connectivity index (χ0n) is 14.4. The molecule has 3 aromatic carbocycles. The van der Waals surface area contributed by atoms with Crippen LogP contribution in [0.5, 0.6) is 11.5 Å². The average Bonchev–Trinajstić information content (AvgIpc) is 2.69. The minimum absolute atomic E-state index is 0.0842. The van der Waals surface area contributed by atoms with Gasteiger partial charge in [-0.15, -0.1) is 0 Å². The summed E-state index contributed by atoms with van der Waals surface area (Å²) in [5, 5.41) is 39.5. The van der Waals surface area contributed by atoms with Crippen molar-refractivity contribution in [3.8, 4) is 28.7 Å². The normalized spacial score (nSPS) is 11.0. The number of hydrogen-bond acceptors (Lipinski definition) is 7. The number of halogens is 1. The topological polar surface area (TPSA) is 142 Å². The van der Waals surface area contributed by atoms with E-state index in [4.69, 9.17) is 16.9 Å². The molecule has 0 saturated carbocycles. The summed E-state index contributed by atoms with van der Waals surface area (Å²) in [7, 11) is -4.33. The van der Waals surface area contributed by atoms with Crippen molar-refractivity contribution in [1.29, 1.82) is 5.26 Å². The monoisotopic (exact) mass is 430 g/mol. The number of phenols is 2. The number of sulfone groups is 1. The molecule has 3 aromatic rings. The summed E-state index contributed by atoms with van der Waals surface area (Å²) >= 11 is 6.08. The Morgan fingerprint density at radius 1 is 1.00 bits per heavy atom. The van der Waals surface area contributed by atoms with Gasteiger partial charge >= 0.3 is 5.69 Å². The second-order valence-electron chi connectivity index (χ2n) is 5.94. The molecular weight excluding hydrogens is 420 g/mol. The fraction of sp³-hybridized carbons (Fsp3) is 0. The summed E-state index contributed by atoms with van der Waals surface area (Å²) in [6.45, 7) is 0. The molecule has 29 heavy (non-hydrogen) atoms. The molecule has 0 unspecified atom stereocenters. The lowest BCUT2D eigenvalue weighted by molar-refractivity contribution is -0.386. The molecule has 0 radical (unpaired) electrons. The number of aromatic hydroxyl groups is 2. The predicted molar refractivity (Wildman–Crippen MR) is 103 cm³/mol. The van der Waals surface area contributed by atoms with Crippen molar-refractivity contribution in [3.63, 3.8) is 0 Å². The van der Waals surface area contributed by atoms with Crippen LogP contribution in [0.25, 0.3) is 11.1 Å². The highest BCUT2D eigenvalue weighted by molar-refractivity contribution is 7.91. The number of nitriles is 1. The summed E-state index contributed by atoms with van der Waals surface area (Å²) in [5.41, 5.74) is 0.367. The molecule has 146 valence electrons.